The minimum Gasteiger partial charge on any atom is -0.316 e. The van der Waals surface area contributed by atoms with Gasteiger partial charge in [-0.2, -0.15) is 0 Å². The second-order valence-corrected chi connectivity index (χ2v) is 6.05. The van der Waals surface area contributed by atoms with Crippen LogP contribution in [0.5, 0.6) is 0 Å². The molecule has 3 atom stereocenters. The van der Waals surface area contributed by atoms with Crippen LogP contribution in [0.15, 0.2) is 30.3 Å². The third-order valence-corrected chi connectivity index (χ3v) is 4.71. The molecule has 1 aromatic carbocycles. The SMILES string of the molecule is CC1CNCC1CN1CCC(c2ccccc2)C1. The van der Waals surface area contributed by atoms with Gasteiger partial charge < -0.3 is 10.2 Å². The van der Waals surface area contributed by atoms with Crippen molar-refractivity contribution in [3.05, 3.63) is 35.9 Å². The lowest BCUT2D eigenvalue weighted by molar-refractivity contribution is 0.257. The molecule has 0 aliphatic carbocycles. The van der Waals surface area contributed by atoms with Crippen LogP contribution < -0.4 is 5.32 Å². The molecule has 1 aromatic rings. The molecule has 1 N–H and O–H groups in total. The van der Waals surface area contributed by atoms with Gasteiger partial charge in [0.05, 0.1) is 0 Å². The summed E-state index contributed by atoms with van der Waals surface area (Å²) in [6.07, 6.45) is 1.33. The fourth-order valence-corrected chi connectivity index (χ4v) is 3.44. The number of benzene rings is 1. The summed E-state index contributed by atoms with van der Waals surface area (Å²) in [5.41, 5.74) is 1.53. The van der Waals surface area contributed by atoms with Crippen molar-refractivity contribution in [3.63, 3.8) is 0 Å². The van der Waals surface area contributed by atoms with Gasteiger partial charge in [-0.3, -0.25) is 0 Å². The van der Waals surface area contributed by atoms with Gasteiger partial charge in [0.25, 0.3) is 0 Å². The predicted molar refractivity (Wildman–Crippen MR) is 75.8 cm³/mol. The number of likely N-dealkylation sites (tertiary alicyclic amines) is 1. The summed E-state index contributed by atoms with van der Waals surface area (Å²) in [6.45, 7) is 8.64. The standard InChI is InChI=1S/C16H24N2/c1-13-9-17-10-16(13)12-18-8-7-15(11-18)14-5-3-2-4-6-14/h2-6,13,15-17H,7-12H2,1H3. The van der Waals surface area contributed by atoms with E-state index in [0.717, 1.165) is 17.8 Å². The van der Waals surface area contributed by atoms with Gasteiger partial charge in [-0.05, 0) is 49.4 Å². The Morgan fingerprint density at radius 2 is 2.06 bits per heavy atom. The highest BCUT2D eigenvalue weighted by Crippen LogP contribution is 2.28. The van der Waals surface area contributed by atoms with Crippen LogP contribution in [0.3, 0.4) is 0 Å². The van der Waals surface area contributed by atoms with E-state index in [1.54, 1.807) is 0 Å². The van der Waals surface area contributed by atoms with Crippen molar-refractivity contribution in [1.82, 2.24) is 10.2 Å². The van der Waals surface area contributed by atoms with Gasteiger partial charge >= 0.3 is 0 Å². The third-order valence-electron chi connectivity index (χ3n) is 4.71. The molecule has 2 fully saturated rings. The highest BCUT2D eigenvalue weighted by molar-refractivity contribution is 5.21. The van der Waals surface area contributed by atoms with E-state index in [9.17, 15) is 0 Å². The molecular weight excluding hydrogens is 220 g/mol. The number of nitrogens with one attached hydrogen (secondary N) is 1. The van der Waals surface area contributed by atoms with E-state index in [0.29, 0.717) is 0 Å². The lowest BCUT2D eigenvalue weighted by atomic mass is 9.97. The van der Waals surface area contributed by atoms with Gasteiger partial charge in [-0.1, -0.05) is 37.3 Å². The fraction of sp³-hybridized carbons (Fsp3) is 0.625. The Bertz CT molecular complexity index is 376. The minimum atomic E-state index is 0.760. The zero-order valence-corrected chi connectivity index (χ0v) is 11.3. The molecule has 2 aliphatic heterocycles. The summed E-state index contributed by atoms with van der Waals surface area (Å²) < 4.78 is 0. The van der Waals surface area contributed by atoms with Gasteiger partial charge in [0.15, 0.2) is 0 Å². The maximum atomic E-state index is 3.51. The van der Waals surface area contributed by atoms with Crippen LogP contribution in [0.2, 0.25) is 0 Å². The van der Waals surface area contributed by atoms with Crippen LogP contribution in [-0.2, 0) is 0 Å². The Morgan fingerprint density at radius 1 is 1.22 bits per heavy atom. The number of hydrogen-bond donors (Lipinski definition) is 1. The van der Waals surface area contributed by atoms with E-state index in [1.165, 1.54) is 44.7 Å². The first-order valence-corrected chi connectivity index (χ1v) is 7.31. The molecule has 2 nitrogen and oxygen atoms in total. The third kappa shape index (κ3) is 2.60. The molecule has 2 heteroatoms. The monoisotopic (exact) mass is 244 g/mol. The summed E-state index contributed by atoms with van der Waals surface area (Å²) in [5.74, 6) is 2.47. The average molecular weight is 244 g/mol. The van der Waals surface area contributed by atoms with Crippen molar-refractivity contribution in [1.29, 1.82) is 0 Å². The summed E-state index contributed by atoms with van der Waals surface area (Å²) >= 11 is 0. The minimum absolute atomic E-state index is 0.760. The van der Waals surface area contributed by atoms with Gasteiger partial charge in [0.2, 0.25) is 0 Å². The number of nitrogens with zero attached hydrogens (tertiary/aromatic N) is 1. The largest absolute Gasteiger partial charge is 0.316 e. The Labute approximate surface area is 110 Å². The average Bonchev–Trinajstić information content (AvgIpc) is 3.02. The Balaban J connectivity index is 1.55. The van der Waals surface area contributed by atoms with Crippen LogP contribution in [0.1, 0.15) is 24.8 Å². The molecule has 2 heterocycles. The summed E-state index contributed by atoms with van der Waals surface area (Å²) in [5, 5.41) is 3.51. The molecule has 2 aliphatic rings. The fourth-order valence-electron chi connectivity index (χ4n) is 3.44. The van der Waals surface area contributed by atoms with E-state index >= 15 is 0 Å². The molecule has 2 saturated heterocycles. The van der Waals surface area contributed by atoms with Gasteiger partial charge in [-0.25, -0.2) is 0 Å². The predicted octanol–water partition coefficient (Wildman–Crippen LogP) is 2.33. The second kappa shape index (κ2) is 5.41. The Kier molecular flexibility index (Phi) is 3.67. The highest BCUT2D eigenvalue weighted by Gasteiger charge is 2.29. The van der Waals surface area contributed by atoms with Crippen LogP contribution in [0.4, 0.5) is 0 Å². The van der Waals surface area contributed by atoms with Crippen molar-refractivity contribution >= 4 is 0 Å². The molecule has 3 unspecified atom stereocenters. The van der Waals surface area contributed by atoms with E-state index in [1.807, 2.05) is 0 Å². The van der Waals surface area contributed by atoms with Gasteiger partial charge in [0.1, 0.15) is 0 Å². The zero-order chi connectivity index (χ0) is 12.4. The van der Waals surface area contributed by atoms with Gasteiger partial charge in [-0.15, -0.1) is 0 Å². The van der Waals surface area contributed by atoms with Gasteiger partial charge in [0, 0.05) is 13.1 Å². The van der Waals surface area contributed by atoms with E-state index in [-0.39, 0.29) is 0 Å². The first-order chi connectivity index (χ1) is 8.83. The molecule has 98 valence electrons. The molecule has 0 spiro atoms. The molecule has 18 heavy (non-hydrogen) atoms. The summed E-state index contributed by atoms with van der Waals surface area (Å²) in [6, 6.07) is 11.0. The van der Waals surface area contributed by atoms with Crippen LogP contribution in [0.25, 0.3) is 0 Å². The van der Waals surface area contributed by atoms with E-state index in [2.05, 4.69) is 47.5 Å². The number of hydrogen-bond acceptors (Lipinski definition) is 2. The Morgan fingerprint density at radius 3 is 2.78 bits per heavy atom. The van der Waals surface area contributed by atoms with E-state index in [4.69, 9.17) is 0 Å². The van der Waals surface area contributed by atoms with Crippen molar-refractivity contribution < 1.29 is 0 Å². The normalized spacial score (nSPS) is 33.1. The molecule has 0 bridgehead atoms. The lowest BCUT2D eigenvalue weighted by Gasteiger charge is -2.22. The van der Waals surface area contributed by atoms with Crippen LogP contribution >= 0.6 is 0 Å². The highest BCUT2D eigenvalue weighted by atomic mass is 15.2. The first kappa shape index (κ1) is 12.2. The molecule has 0 radical (unpaired) electrons. The van der Waals surface area contributed by atoms with Crippen molar-refractivity contribution in [2.24, 2.45) is 11.8 Å². The summed E-state index contributed by atoms with van der Waals surface area (Å²) in [4.78, 5) is 2.67. The second-order valence-electron chi connectivity index (χ2n) is 6.05. The van der Waals surface area contributed by atoms with Crippen LogP contribution in [0, 0.1) is 11.8 Å². The maximum absolute atomic E-state index is 3.51. The quantitative estimate of drug-likeness (QED) is 0.878. The number of rotatable bonds is 3. The molecule has 0 aromatic heterocycles. The Hall–Kier alpha value is -0.860. The van der Waals surface area contributed by atoms with Crippen molar-refractivity contribution in [2.45, 2.75) is 19.3 Å². The van der Waals surface area contributed by atoms with Crippen molar-refractivity contribution in [2.75, 3.05) is 32.7 Å². The molecular formula is C16H24N2. The smallest absolute Gasteiger partial charge is 0.00509 e. The van der Waals surface area contributed by atoms with Crippen LogP contribution in [-0.4, -0.2) is 37.6 Å². The molecule has 0 saturated carbocycles. The van der Waals surface area contributed by atoms with Crippen molar-refractivity contribution in [3.8, 4) is 0 Å². The summed E-state index contributed by atoms with van der Waals surface area (Å²) in [7, 11) is 0. The molecule has 3 rings (SSSR count). The lowest BCUT2D eigenvalue weighted by Crippen LogP contribution is -2.30. The molecule has 0 amide bonds. The topological polar surface area (TPSA) is 15.3 Å². The zero-order valence-electron chi connectivity index (χ0n) is 11.3. The first-order valence-electron chi connectivity index (χ1n) is 7.31. The maximum Gasteiger partial charge on any atom is 0.00509 e. The van der Waals surface area contributed by atoms with E-state index < -0.39 is 0 Å².